The van der Waals surface area contributed by atoms with Crippen molar-refractivity contribution in [3.63, 3.8) is 0 Å². The quantitative estimate of drug-likeness (QED) is 0.473. The smallest absolute Gasteiger partial charge is 0.305 e. The molecule has 0 unspecified atom stereocenters. The number of halogens is 2. The Morgan fingerprint density at radius 2 is 2.36 bits per heavy atom. The summed E-state index contributed by atoms with van der Waals surface area (Å²) in [5, 5.41) is 0. The van der Waals surface area contributed by atoms with E-state index in [2.05, 4.69) is 0 Å². The lowest BCUT2D eigenvalue weighted by Crippen LogP contribution is -2.30. The average molecular weight is 199 g/mol. The number of hydrogen-bond donors (Lipinski definition) is 0. The monoisotopic (exact) mass is 198 g/mol. The summed E-state index contributed by atoms with van der Waals surface area (Å²) in [6, 6.07) is 0. The van der Waals surface area contributed by atoms with Gasteiger partial charge in [0.1, 0.15) is 0 Å². The molecule has 0 aromatic heterocycles. The van der Waals surface area contributed by atoms with Crippen LogP contribution in [0, 0.1) is 0 Å². The van der Waals surface area contributed by atoms with E-state index in [4.69, 9.17) is 32.7 Å². The molecular weight excluding hydrogens is 191 g/mol. The van der Waals surface area contributed by atoms with E-state index < -0.39 is 16.6 Å². The zero-order chi connectivity index (χ0) is 8.48. The number of carbonyl (C=O) groups is 1. The molecule has 5 heteroatoms. The fraction of sp³-hybridized carbons (Fsp3) is 0.833. The Bertz CT molecular complexity index is 169. The van der Waals surface area contributed by atoms with Crippen LogP contribution in [0.15, 0.2) is 0 Å². The molecule has 0 aromatic rings. The zero-order valence-electron chi connectivity index (χ0n) is 5.97. The van der Waals surface area contributed by atoms with E-state index in [1.807, 2.05) is 0 Å². The molecule has 0 amide bonds. The maximum atomic E-state index is 10.5. The van der Waals surface area contributed by atoms with Gasteiger partial charge in [-0.1, -0.05) is 23.2 Å². The second-order valence-corrected chi connectivity index (χ2v) is 3.87. The summed E-state index contributed by atoms with van der Waals surface area (Å²) in [4.78, 5) is 10.5. The summed E-state index contributed by atoms with van der Waals surface area (Å²) in [5.74, 6) is -0.442. The summed E-state index contributed by atoms with van der Waals surface area (Å²) in [6.07, 6.45) is -0.336. The zero-order valence-corrected chi connectivity index (χ0v) is 7.48. The number of carbonyl (C=O) groups excluding carboxylic acids is 1. The largest absolute Gasteiger partial charge is 0.433 e. The van der Waals surface area contributed by atoms with Gasteiger partial charge in [-0.15, -0.1) is 0 Å². The molecule has 0 bridgehead atoms. The molecule has 1 atom stereocenters. The lowest BCUT2D eigenvalue weighted by Gasteiger charge is -2.19. The average Bonchev–Trinajstić information content (AvgIpc) is 2.10. The lowest BCUT2D eigenvalue weighted by atomic mass is 10.3. The van der Waals surface area contributed by atoms with Crippen molar-refractivity contribution in [2.45, 2.75) is 24.0 Å². The summed E-state index contributed by atoms with van der Waals surface area (Å²) in [7, 11) is 0. The minimum atomic E-state index is -1.08. The standard InChI is InChI=1S/C6H8Cl2O3/c1-4(9)11-5-6(7,8)2-3-10-5/h5H,2-3H2,1H3/t5-/m1/s1. The van der Waals surface area contributed by atoms with Gasteiger partial charge >= 0.3 is 5.97 Å². The van der Waals surface area contributed by atoms with Crippen LogP contribution < -0.4 is 0 Å². The highest BCUT2D eigenvalue weighted by atomic mass is 35.5. The van der Waals surface area contributed by atoms with Gasteiger partial charge in [0, 0.05) is 13.3 Å². The van der Waals surface area contributed by atoms with Crippen molar-refractivity contribution in [1.29, 1.82) is 0 Å². The van der Waals surface area contributed by atoms with Crippen molar-refractivity contribution >= 4 is 29.2 Å². The second-order valence-electron chi connectivity index (χ2n) is 2.32. The predicted octanol–water partition coefficient (Wildman–Crippen LogP) is 1.47. The molecule has 0 saturated carbocycles. The molecule has 0 radical (unpaired) electrons. The van der Waals surface area contributed by atoms with Crippen LogP contribution in [0.2, 0.25) is 0 Å². The van der Waals surface area contributed by atoms with Gasteiger partial charge in [-0.3, -0.25) is 4.79 Å². The Kier molecular flexibility index (Phi) is 2.62. The highest BCUT2D eigenvalue weighted by Gasteiger charge is 2.43. The van der Waals surface area contributed by atoms with Gasteiger partial charge < -0.3 is 9.47 Å². The van der Waals surface area contributed by atoms with Crippen LogP contribution in [-0.4, -0.2) is 23.2 Å². The topological polar surface area (TPSA) is 35.5 Å². The fourth-order valence-corrected chi connectivity index (χ4v) is 1.18. The first-order valence-electron chi connectivity index (χ1n) is 3.19. The highest BCUT2D eigenvalue weighted by Crippen LogP contribution is 2.37. The van der Waals surface area contributed by atoms with Gasteiger partial charge in [-0.05, 0) is 0 Å². The Morgan fingerprint density at radius 3 is 2.73 bits per heavy atom. The van der Waals surface area contributed by atoms with Crippen LogP contribution in [0.25, 0.3) is 0 Å². The highest BCUT2D eigenvalue weighted by molar-refractivity contribution is 6.49. The second kappa shape index (κ2) is 3.17. The summed E-state index contributed by atoms with van der Waals surface area (Å²) in [6.45, 7) is 1.70. The molecule has 0 aromatic carbocycles. The molecule has 0 aliphatic carbocycles. The Morgan fingerprint density at radius 1 is 1.73 bits per heavy atom. The predicted molar refractivity (Wildman–Crippen MR) is 40.6 cm³/mol. The first-order chi connectivity index (χ1) is 5.02. The van der Waals surface area contributed by atoms with Crippen LogP contribution in [-0.2, 0) is 14.3 Å². The van der Waals surface area contributed by atoms with Crippen LogP contribution in [0.1, 0.15) is 13.3 Å². The summed E-state index contributed by atoms with van der Waals surface area (Å²) in [5.41, 5.74) is 0. The molecule has 0 N–H and O–H groups in total. The third kappa shape index (κ3) is 2.22. The van der Waals surface area contributed by atoms with E-state index in [0.29, 0.717) is 13.0 Å². The van der Waals surface area contributed by atoms with Crippen molar-refractivity contribution < 1.29 is 14.3 Å². The molecule has 11 heavy (non-hydrogen) atoms. The van der Waals surface area contributed by atoms with Crippen molar-refractivity contribution in [3.05, 3.63) is 0 Å². The van der Waals surface area contributed by atoms with E-state index in [1.54, 1.807) is 0 Å². The van der Waals surface area contributed by atoms with E-state index in [0.717, 1.165) is 0 Å². The Hall–Kier alpha value is 0.01000. The van der Waals surface area contributed by atoms with Crippen molar-refractivity contribution in [3.8, 4) is 0 Å². The molecule has 1 saturated heterocycles. The lowest BCUT2D eigenvalue weighted by molar-refractivity contribution is -0.167. The van der Waals surface area contributed by atoms with Crippen LogP contribution in [0.4, 0.5) is 0 Å². The van der Waals surface area contributed by atoms with Crippen LogP contribution in [0.5, 0.6) is 0 Å². The van der Waals surface area contributed by atoms with E-state index in [-0.39, 0.29) is 0 Å². The maximum absolute atomic E-state index is 10.5. The number of hydrogen-bond acceptors (Lipinski definition) is 3. The number of rotatable bonds is 1. The molecule has 1 aliphatic heterocycles. The molecule has 1 rings (SSSR count). The normalized spacial score (nSPS) is 28.5. The minimum Gasteiger partial charge on any atom is -0.433 e. The van der Waals surface area contributed by atoms with Gasteiger partial charge in [0.25, 0.3) is 0 Å². The molecule has 3 nitrogen and oxygen atoms in total. The van der Waals surface area contributed by atoms with Gasteiger partial charge in [0.2, 0.25) is 6.29 Å². The number of esters is 1. The number of ether oxygens (including phenoxy) is 2. The Balaban J connectivity index is 2.51. The van der Waals surface area contributed by atoms with Crippen LogP contribution >= 0.6 is 23.2 Å². The van der Waals surface area contributed by atoms with Crippen molar-refractivity contribution in [2.24, 2.45) is 0 Å². The number of alkyl halides is 2. The SMILES string of the molecule is CC(=O)O[C@H]1OCCC1(Cl)Cl. The first-order valence-corrected chi connectivity index (χ1v) is 3.94. The van der Waals surface area contributed by atoms with Crippen molar-refractivity contribution in [2.75, 3.05) is 6.61 Å². The van der Waals surface area contributed by atoms with E-state index >= 15 is 0 Å². The fourth-order valence-electron chi connectivity index (χ4n) is 0.813. The molecule has 1 heterocycles. The van der Waals surface area contributed by atoms with Gasteiger partial charge in [0.15, 0.2) is 4.33 Å². The van der Waals surface area contributed by atoms with E-state index in [9.17, 15) is 4.79 Å². The first kappa shape index (κ1) is 9.10. The van der Waals surface area contributed by atoms with Gasteiger partial charge in [-0.2, -0.15) is 0 Å². The minimum absolute atomic E-state index is 0.422. The Labute approximate surface area is 74.6 Å². The third-order valence-electron chi connectivity index (χ3n) is 1.32. The van der Waals surface area contributed by atoms with Crippen LogP contribution in [0.3, 0.4) is 0 Å². The summed E-state index contributed by atoms with van der Waals surface area (Å²) < 4.78 is 8.60. The molecule has 1 aliphatic rings. The molecule has 1 fully saturated rings. The third-order valence-corrected chi connectivity index (χ3v) is 2.06. The maximum Gasteiger partial charge on any atom is 0.305 e. The van der Waals surface area contributed by atoms with E-state index in [1.165, 1.54) is 6.92 Å². The summed E-state index contributed by atoms with van der Waals surface area (Å²) >= 11 is 11.5. The molecular formula is C6H8Cl2O3. The molecule has 0 spiro atoms. The van der Waals surface area contributed by atoms with Gasteiger partial charge in [-0.25, -0.2) is 0 Å². The van der Waals surface area contributed by atoms with Gasteiger partial charge in [0.05, 0.1) is 6.61 Å². The molecule has 64 valence electrons. The van der Waals surface area contributed by atoms with Crippen molar-refractivity contribution in [1.82, 2.24) is 0 Å².